The van der Waals surface area contributed by atoms with Gasteiger partial charge >= 0.3 is 5.88 Å². The standard InChI is InChI=1S/C13H11BrN2O4/c14-7-9-2-1-3-10(6-9)8-15-13(17)11-4-5-12(20-11)16(18)19/h1-6H,7-8H2,(H,15,17). The number of rotatable bonds is 5. The van der Waals surface area contributed by atoms with E-state index in [0.29, 0.717) is 6.54 Å². The molecule has 0 aliphatic carbocycles. The van der Waals surface area contributed by atoms with Gasteiger partial charge in [-0.15, -0.1) is 0 Å². The Morgan fingerprint density at radius 1 is 1.30 bits per heavy atom. The highest BCUT2D eigenvalue weighted by Crippen LogP contribution is 2.15. The molecule has 2 rings (SSSR count). The van der Waals surface area contributed by atoms with E-state index in [0.717, 1.165) is 22.5 Å². The maximum absolute atomic E-state index is 11.8. The molecule has 0 fully saturated rings. The number of furan rings is 1. The first-order chi connectivity index (χ1) is 9.60. The first-order valence-electron chi connectivity index (χ1n) is 5.76. The van der Waals surface area contributed by atoms with Gasteiger partial charge in [0.05, 0.1) is 6.07 Å². The Morgan fingerprint density at radius 3 is 2.70 bits per heavy atom. The molecule has 20 heavy (non-hydrogen) atoms. The van der Waals surface area contributed by atoms with Crippen LogP contribution in [0.2, 0.25) is 0 Å². The van der Waals surface area contributed by atoms with E-state index in [9.17, 15) is 14.9 Å². The lowest BCUT2D eigenvalue weighted by Gasteiger charge is -2.04. The van der Waals surface area contributed by atoms with Gasteiger partial charge in [-0.2, -0.15) is 0 Å². The Balaban J connectivity index is 1.98. The molecule has 0 radical (unpaired) electrons. The summed E-state index contributed by atoms with van der Waals surface area (Å²) in [6.07, 6.45) is 0. The molecule has 6 nitrogen and oxygen atoms in total. The number of carbonyl (C=O) groups is 1. The van der Waals surface area contributed by atoms with Crippen LogP contribution in [0.5, 0.6) is 0 Å². The molecular formula is C13H11BrN2O4. The minimum Gasteiger partial charge on any atom is -0.395 e. The SMILES string of the molecule is O=C(NCc1cccc(CBr)c1)c1ccc([N+](=O)[O-])o1. The molecule has 104 valence electrons. The highest BCUT2D eigenvalue weighted by molar-refractivity contribution is 9.08. The smallest absolute Gasteiger partial charge is 0.395 e. The molecule has 1 N–H and O–H groups in total. The summed E-state index contributed by atoms with van der Waals surface area (Å²) in [4.78, 5) is 21.5. The number of benzene rings is 1. The first kappa shape index (κ1) is 14.3. The van der Waals surface area contributed by atoms with Crippen LogP contribution in [0.1, 0.15) is 21.7 Å². The van der Waals surface area contributed by atoms with E-state index < -0.39 is 16.7 Å². The van der Waals surface area contributed by atoms with Gasteiger partial charge in [-0.1, -0.05) is 40.2 Å². The zero-order valence-electron chi connectivity index (χ0n) is 10.3. The van der Waals surface area contributed by atoms with Gasteiger partial charge in [0.1, 0.15) is 4.92 Å². The summed E-state index contributed by atoms with van der Waals surface area (Å²) >= 11 is 3.36. The fourth-order valence-electron chi connectivity index (χ4n) is 1.64. The zero-order valence-corrected chi connectivity index (χ0v) is 11.9. The summed E-state index contributed by atoms with van der Waals surface area (Å²) in [5, 5.41) is 13.8. The summed E-state index contributed by atoms with van der Waals surface area (Å²) in [5.41, 5.74) is 2.04. The van der Waals surface area contributed by atoms with Gasteiger partial charge in [0.15, 0.2) is 5.76 Å². The molecule has 7 heteroatoms. The van der Waals surface area contributed by atoms with Crippen molar-refractivity contribution in [1.29, 1.82) is 0 Å². The van der Waals surface area contributed by atoms with E-state index in [4.69, 9.17) is 4.42 Å². The summed E-state index contributed by atoms with van der Waals surface area (Å²) in [7, 11) is 0. The first-order valence-corrected chi connectivity index (χ1v) is 6.88. The summed E-state index contributed by atoms with van der Waals surface area (Å²) < 4.78 is 4.82. The largest absolute Gasteiger partial charge is 0.433 e. The van der Waals surface area contributed by atoms with Crippen LogP contribution in [0.3, 0.4) is 0 Å². The normalized spacial score (nSPS) is 10.2. The van der Waals surface area contributed by atoms with Gasteiger partial charge in [0.2, 0.25) is 0 Å². The molecule has 0 saturated carbocycles. The van der Waals surface area contributed by atoms with E-state index in [2.05, 4.69) is 21.2 Å². The molecule has 0 saturated heterocycles. The van der Waals surface area contributed by atoms with Gasteiger partial charge in [-0.25, -0.2) is 0 Å². The molecule has 0 aliphatic heterocycles. The Bertz CT molecular complexity index is 639. The third kappa shape index (κ3) is 3.45. The van der Waals surface area contributed by atoms with Crippen molar-refractivity contribution in [2.75, 3.05) is 0 Å². The van der Waals surface area contributed by atoms with Crippen LogP contribution in [0.15, 0.2) is 40.8 Å². The van der Waals surface area contributed by atoms with Crippen molar-refractivity contribution >= 4 is 27.7 Å². The van der Waals surface area contributed by atoms with Crippen molar-refractivity contribution < 1.29 is 14.1 Å². The van der Waals surface area contributed by atoms with Crippen LogP contribution in [-0.4, -0.2) is 10.8 Å². The number of nitrogens with zero attached hydrogens (tertiary/aromatic N) is 1. The Hall–Kier alpha value is -2.15. The molecule has 0 spiro atoms. The minimum atomic E-state index is -0.684. The van der Waals surface area contributed by atoms with Gasteiger partial charge < -0.3 is 9.73 Å². The Labute approximate surface area is 123 Å². The predicted octanol–water partition coefficient (Wildman–Crippen LogP) is 3.01. The summed E-state index contributed by atoms with van der Waals surface area (Å²) in [6, 6.07) is 10.1. The molecule has 2 aromatic rings. The van der Waals surface area contributed by atoms with Crippen LogP contribution < -0.4 is 5.32 Å². The molecule has 0 bridgehead atoms. The molecule has 0 aliphatic rings. The van der Waals surface area contributed by atoms with Crippen LogP contribution in [0.25, 0.3) is 0 Å². The second kappa shape index (κ2) is 6.33. The van der Waals surface area contributed by atoms with Crippen molar-refractivity contribution in [3.05, 3.63) is 63.4 Å². The number of carbonyl (C=O) groups excluding carboxylic acids is 1. The summed E-state index contributed by atoms with van der Waals surface area (Å²) in [5.74, 6) is -1.01. The third-order valence-electron chi connectivity index (χ3n) is 2.59. The second-order valence-electron chi connectivity index (χ2n) is 4.03. The van der Waals surface area contributed by atoms with Crippen molar-refractivity contribution in [3.8, 4) is 0 Å². The van der Waals surface area contributed by atoms with E-state index in [1.165, 1.54) is 6.07 Å². The molecule has 0 atom stereocenters. The van der Waals surface area contributed by atoms with E-state index in [-0.39, 0.29) is 5.76 Å². The van der Waals surface area contributed by atoms with Gasteiger partial charge in [0, 0.05) is 11.9 Å². The maximum Gasteiger partial charge on any atom is 0.433 e. The predicted molar refractivity (Wildman–Crippen MR) is 75.6 cm³/mol. The zero-order chi connectivity index (χ0) is 14.5. The number of nitrogens with one attached hydrogen (secondary N) is 1. The third-order valence-corrected chi connectivity index (χ3v) is 3.24. The summed E-state index contributed by atoms with van der Waals surface area (Å²) in [6.45, 7) is 0.328. The van der Waals surface area contributed by atoms with Crippen molar-refractivity contribution in [2.24, 2.45) is 0 Å². The average Bonchev–Trinajstić information content (AvgIpc) is 2.95. The highest BCUT2D eigenvalue weighted by atomic mass is 79.9. The van der Waals surface area contributed by atoms with Crippen molar-refractivity contribution in [1.82, 2.24) is 5.32 Å². The highest BCUT2D eigenvalue weighted by Gasteiger charge is 2.16. The lowest BCUT2D eigenvalue weighted by atomic mass is 10.1. The second-order valence-corrected chi connectivity index (χ2v) is 4.59. The molecule has 1 amide bonds. The van der Waals surface area contributed by atoms with Crippen LogP contribution in [-0.2, 0) is 11.9 Å². The van der Waals surface area contributed by atoms with Crippen LogP contribution in [0, 0.1) is 10.1 Å². The monoisotopic (exact) mass is 338 g/mol. The molecule has 1 aromatic heterocycles. The number of alkyl halides is 1. The fraction of sp³-hybridized carbons (Fsp3) is 0.154. The number of halogens is 1. The topological polar surface area (TPSA) is 85.4 Å². The van der Waals surface area contributed by atoms with Crippen molar-refractivity contribution in [3.63, 3.8) is 0 Å². The minimum absolute atomic E-state index is 0.0756. The number of hydrogen-bond donors (Lipinski definition) is 1. The number of amides is 1. The van der Waals surface area contributed by atoms with E-state index >= 15 is 0 Å². The van der Waals surface area contributed by atoms with Gasteiger partial charge in [-0.05, 0) is 17.2 Å². The maximum atomic E-state index is 11.8. The quantitative estimate of drug-likeness (QED) is 0.515. The lowest BCUT2D eigenvalue weighted by molar-refractivity contribution is -0.402. The van der Waals surface area contributed by atoms with Gasteiger partial charge in [0.25, 0.3) is 5.91 Å². The molecule has 1 heterocycles. The average molecular weight is 339 g/mol. The van der Waals surface area contributed by atoms with Crippen LogP contribution in [0.4, 0.5) is 5.88 Å². The lowest BCUT2D eigenvalue weighted by Crippen LogP contribution is -2.22. The van der Waals surface area contributed by atoms with Crippen molar-refractivity contribution in [2.45, 2.75) is 11.9 Å². The Morgan fingerprint density at radius 2 is 2.05 bits per heavy atom. The molecule has 1 aromatic carbocycles. The number of hydrogen-bond acceptors (Lipinski definition) is 4. The Kier molecular flexibility index (Phi) is 4.52. The molecular weight excluding hydrogens is 328 g/mol. The fourth-order valence-corrected chi connectivity index (χ4v) is 1.99. The molecule has 0 unspecified atom stereocenters. The number of nitro groups is 1. The van der Waals surface area contributed by atoms with E-state index in [1.807, 2.05) is 24.3 Å². The van der Waals surface area contributed by atoms with E-state index in [1.54, 1.807) is 0 Å². The van der Waals surface area contributed by atoms with Crippen LogP contribution >= 0.6 is 15.9 Å². The van der Waals surface area contributed by atoms with Gasteiger partial charge in [-0.3, -0.25) is 14.9 Å².